The van der Waals surface area contributed by atoms with Crippen LogP contribution < -0.4 is 5.32 Å². The molecule has 0 atom stereocenters. The SMILES string of the molecule is CCCN(CCCCNc1ccccc1C)C(C)=O.FF.FF.FF.FF.FF.FF.FF.FF. The van der Waals surface area contributed by atoms with Gasteiger partial charge < -0.3 is 10.2 Å². The number of halogens is 16. The molecule has 1 rings (SSSR count). The minimum absolute atomic E-state index is 0.189. The van der Waals surface area contributed by atoms with Crippen molar-refractivity contribution in [1.82, 2.24) is 4.90 Å². The molecule has 1 aromatic rings. The van der Waals surface area contributed by atoms with Crippen molar-refractivity contribution in [2.24, 2.45) is 0 Å². The van der Waals surface area contributed by atoms with E-state index in [2.05, 4.69) is 37.4 Å². The largest absolute Gasteiger partial charge is 0.385 e. The molecule has 0 bridgehead atoms. The Morgan fingerprint density at radius 1 is 0.714 bits per heavy atom. The van der Waals surface area contributed by atoms with E-state index in [0.717, 1.165) is 38.9 Å². The van der Waals surface area contributed by atoms with E-state index in [1.807, 2.05) is 11.0 Å². The molecule has 218 valence electrons. The van der Waals surface area contributed by atoms with Crippen molar-refractivity contribution in [3.8, 4) is 0 Å². The highest BCUT2D eigenvalue weighted by Crippen LogP contribution is 2.13. The monoisotopic (exact) mass is 566 g/mol. The second-order valence-corrected chi connectivity index (χ2v) is 4.95. The third-order valence-corrected chi connectivity index (χ3v) is 3.25. The fourth-order valence-corrected chi connectivity index (χ4v) is 2.12. The zero-order valence-corrected chi connectivity index (χ0v) is 18.5. The molecule has 0 saturated carbocycles. The second kappa shape index (κ2) is 69.7. The van der Waals surface area contributed by atoms with Gasteiger partial charge in [0.15, 0.2) is 0 Å². The summed E-state index contributed by atoms with van der Waals surface area (Å²) in [6, 6.07) is 8.32. The fraction of sp³-hybridized carbons (Fsp3) is 0.562. The number of amides is 1. The van der Waals surface area contributed by atoms with Crippen LogP contribution in [0.2, 0.25) is 0 Å². The molecular weight excluding hydrogens is 540 g/mol. The molecule has 1 N–H and O–H groups in total. The highest BCUT2D eigenvalue weighted by atomic mass is 20.0. The van der Waals surface area contributed by atoms with Crippen LogP contribution in [0.25, 0.3) is 0 Å². The summed E-state index contributed by atoms with van der Waals surface area (Å²) >= 11 is 0. The van der Waals surface area contributed by atoms with Crippen LogP contribution in [-0.4, -0.2) is 30.4 Å². The number of rotatable bonds is 8. The first-order valence-electron chi connectivity index (χ1n) is 8.34. The molecule has 0 heterocycles. The van der Waals surface area contributed by atoms with Crippen LogP contribution in [0.5, 0.6) is 0 Å². The van der Waals surface area contributed by atoms with Crippen LogP contribution in [0.4, 0.5) is 78.9 Å². The van der Waals surface area contributed by atoms with Gasteiger partial charge in [-0.3, -0.25) is 4.79 Å². The minimum atomic E-state index is 0.189. The normalized spacial score (nSPS) is 6.94. The zero-order chi connectivity index (χ0) is 30.1. The molecule has 0 aliphatic carbocycles. The average Bonchev–Trinajstić information content (AvgIpc) is 2.97. The first-order valence-corrected chi connectivity index (χ1v) is 8.34. The summed E-state index contributed by atoms with van der Waals surface area (Å²) in [5.74, 6) is 0.189. The highest BCUT2D eigenvalue weighted by molar-refractivity contribution is 5.73. The second-order valence-electron chi connectivity index (χ2n) is 4.95. The van der Waals surface area contributed by atoms with Crippen molar-refractivity contribution < 1.29 is 78.0 Å². The predicted octanol–water partition coefficient (Wildman–Crippen LogP) is 10.2. The van der Waals surface area contributed by atoms with Gasteiger partial charge in [-0.1, -0.05) is 25.1 Å². The molecule has 0 spiro atoms. The Labute approximate surface area is 190 Å². The molecule has 3 nitrogen and oxygen atoms in total. The standard InChI is InChI=1S/C16H26N2O.8F2/c1-4-12-18(15(3)19)13-8-7-11-17-16-10-6-5-9-14(16)2;8*1-2/h5-6,9-10,17H,4,7-8,11-13H2,1-3H3;;;;;;;;. The number of benzene rings is 1. The minimum Gasteiger partial charge on any atom is -0.385 e. The lowest BCUT2D eigenvalue weighted by molar-refractivity contribution is -0.128. The van der Waals surface area contributed by atoms with Gasteiger partial charge in [0.1, 0.15) is 0 Å². The van der Waals surface area contributed by atoms with E-state index < -0.39 is 0 Å². The van der Waals surface area contributed by atoms with Gasteiger partial charge in [0.2, 0.25) is 5.91 Å². The first kappa shape index (κ1) is 53.6. The van der Waals surface area contributed by atoms with Crippen LogP contribution >= 0.6 is 0 Å². The Bertz CT molecular complexity index is 425. The van der Waals surface area contributed by atoms with Crippen LogP contribution in [0.1, 0.15) is 38.7 Å². The number of para-hydroxylation sites is 1. The number of aryl methyl sites for hydroxylation is 1. The van der Waals surface area contributed by atoms with Gasteiger partial charge in [-0.05, 0) is 37.8 Å². The third-order valence-electron chi connectivity index (χ3n) is 3.25. The van der Waals surface area contributed by atoms with Gasteiger partial charge in [-0.25, -0.2) is 0 Å². The maximum Gasteiger partial charge on any atom is 0.219 e. The van der Waals surface area contributed by atoms with E-state index in [1.54, 1.807) is 6.92 Å². The van der Waals surface area contributed by atoms with Gasteiger partial charge in [0.05, 0.1) is 0 Å². The average molecular weight is 566 g/mol. The Balaban J connectivity index is -0.0000000643. The van der Waals surface area contributed by atoms with E-state index >= 15 is 0 Å². The third kappa shape index (κ3) is 49.5. The molecule has 0 aromatic heterocycles. The van der Waals surface area contributed by atoms with E-state index in [0.29, 0.717) is 0 Å². The molecule has 0 fully saturated rings. The molecule has 35 heavy (non-hydrogen) atoms. The smallest absolute Gasteiger partial charge is 0.219 e. The number of nitrogens with one attached hydrogen (secondary N) is 1. The summed E-state index contributed by atoms with van der Waals surface area (Å²) in [4.78, 5) is 13.3. The molecule has 1 aromatic carbocycles. The number of hydrogen-bond acceptors (Lipinski definition) is 2. The lowest BCUT2D eigenvalue weighted by Gasteiger charge is -2.20. The first-order chi connectivity index (χ1) is 17.1. The van der Waals surface area contributed by atoms with Crippen molar-refractivity contribution in [1.29, 1.82) is 0 Å². The van der Waals surface area contributed by atoms with Gasteiger partial charge in [0, 0.05) is 105 Å². The fourth-order valence-electron chi connectivity index (χ4n) is 2.12. The predicted molar refractivity (Wildman–Crippen MR) is 99.2 cm³/mol. The lowest BCUT2D eigenvalue weighted by Crippen LogP contribution is -2.30. The maximum atomic E-state index is 11.4. The summed E-state index contributed by atoms with van der Waals surface area (Å²) in [7, 11) is 0. The van der Waals surface area contributed by atoms with Crippen molar-refractivity contribution in [3.05, 3.63) is 29.8 Å². The summed E-state index contributed by atoms with van der Waals surface area (Å²) < 4.78 is 128. The Morgan fingerprint density at radius 3 is 1.46 bits per heavy atom. The van der Waals surface area contributed by atoms with Crippen molar-refractivity contribution in [3.63, 3.8) is 0 Å². The molecule has 0 saturated heterocycles. The lowest BCUT2D eigenvalue weighted by atomic mass is 10.2. The summed E-state index contributed by atoms with van der Waals surface area (Å²) in [6.07, 6.45) is 3.17. The van der Waals surface area contributed by atoms with Gasteiger partial charge >= 0.3 is 0 Å². The quantitative estimate of drug-likeness (QED) is 0.251. The maximum absolute atomic E-state index is 11.4. The van der Waals surface area contributed by atoms with E-state index in [4.69, 9.17) is 73.2 Å². The van der Waals surface area contributed by atoms with Crippen LogP contribution in [0.15, 0.2) is 24.3 Å². The topological polar surface area (TPSA) is 32.3 Å². The number of unbranched alkanes of at least 4 members (excludes halogenated alkanes) is 1. The number of carbonyl (C=O) groups is 1. The molecule has 0 radical (unpaired) electrons. The Kier molecular flexibility index (Phi) is 107. The molecule has 19 heteroatoms. The number of nitrogens with zero attached hydrogens (tertiary/aromatic N) is 1. The van der Waals surface area contributed by atoms with Crippen LogP contribution in [0, 0.1) is 6.92 Å². The van der Waals surface area contributed by atoms with Gasteiger partial charge in [-0.2, -0.15) is 0 Å². The molecule has 0 unspecified atom stereocenters. The Hall–Kier alpha value is -2.63. The highest BCUT2D eigenvalue weighted by Gasteiger charge is 2.06. The van der Waals surface area contributed by atoms with Gasteiger partial charge in [-0.15, -0.1) is 0 Å². The molecule has 1 amide bonds. The molecule has 0 aliphatic rings. The van der Waals surface area contributed by atoms with Crippen molar-refractivity contribution in [2.45, 2.75) is 40.0 Å². The number of carbonyl (C=O) groups excluding carboxylic acids is 1. The Morgan fingerprint density at radius 2 is 1.11 bits per heavy atom. The van der Waals surface area contributed by atoms with Crippen molar-refractivity contribution >= 4 is 11.6 Å². The molecular formula is C16H26F16N2O. The summed E-state index contributed by atoms with van der Waals surface area (Å²) in [5, 5.41) is 3.44. The van der Waals surface area contributed by atoms with E-state index in [1.165, 1.54) is 11.3 Å². The van der Waals surface area contributed by atoms with Crippen molar-refractivity contribution in [2.75, 3.05) is 25.0 Å². The number of hydrogen-bond donors (Lipinski definition) is 1. The number of anilines is 1. The summed E-state index contributed by atoms with van der Waals surface area (Å²) in [6.45, 7) is 8.58. The van der Waals surface area contributed by atoms with E-state index in [-0.39, 0.29) is 5.91 Å². The zero-order valence-electron chi connectivity index (χ0n) is 18.5. The summed E-state index contributed by atoms with van der Waals surface area (Å²) in [5.41, 5.74) is 2.48. The molecule has 0 aliphatic heterocycles. The van der Waals surface area contributed by atoms with Crippen LogP contribution in [-0.2, 0) is 4.79 Å². The van der Waals surface area contributed by atoms with E-state index in [9.17, 15) is 4.79 Å². The van der Waals surface area contributed by atoms with Gasteiger partial charge in [0.25, 0.3) is 0 Å². The van der Waals surface area contributed by atoms with Crippen LogP contribution in [0.3, 0.4) is 0 Å².